The second kappa shape index (κ2) is 4.75. The predicted octanol–water partition coefficient (Wildman–Crippen LogP) is 3.67. The Morgan fingerprint density at radius 2 is 1.93 bits per heavy atom. The summed E-state index contributed by atoms with van der Waals surface area (Å²) < 4.78 is 0. The van der Waals surface area contributed by atoms with Gasteiger partial charge in [-0.05, 0) is 22.5 Å². The summed E-state index contributed by atoms with van der Waals surface area (Å²) in [7, 11) is 0. The lowest BCUT2D eigenvalue weighted by molar-refractivity contribution is 0.768. The molecule has 0 saturated carbocycles. The molecule has 0 aliphatic carbocycles. The zero-order chi connectivity index (χ0) is 11.4. The van der Waals surface area contributed by atoms with E-state index in [1.54, 1.807) is 6.20 Å². The van der Waals surface area contributed by atoms with E-state index in [1.807, 2.05) is 27.7 Å². The molecule has 0 aromatic carbocycles. The average Bonchev–Trinajstić information content (AvgIpc) is 2.17. The van der Waals surface area contributed by atoms with Gasteiger partial charge < -0.3 is 0 Å². The van der Waals surface area contributed by atoms with Gasteiger partial charge in [0.2, 0.25) is 0 Å². The quantitative estimate of drug-likeness (QED) is 0.429. The van der Waals surface area contributed by atoms with Crippen molar-refractivity contribution in [3.8, 4) is 0 Å². The summed E-state index contributed by atoms with van der Waals surface area (Å²) in [6.07, 6.45) is 1.75. The Morgan fingerprint density at radius 3 is 2.40 bits per heavy atom. The van der Waals surface area contributed by atoms with Gasteiger partial charge in [0.25, 0.3) is 0 Å². The molecule has 1 rings (SSSR count). The first kappa shape index (κ1) is 11.5. The van der Waals surface area contributed by atoms with Crippen LogP contribution in [0.5, 0.6) is 0 Å². The smallest absolute Gasteiger partial charge is 0.148 e. The average molecular weight is 205 g/mol. The first-order chi connectivity index (χ1) is 7.06. The molecule has 0 atom stereocenters. The molecule has 1 aromatic heterocycles. The SMILES string of the molecule is CC(C)c1cnc(C(C)C)c(N=[N+]=[N-])n1. The van der Waals surface area contributed by atoms with E-state index in [0.717, 1.165) is 11.4 Å². The van der Waals surface area contributed by atoms with Gasteiger partial charge in [0.15, 0.2) is 0 Å². The number of hydrogen-bond acceptors (Lipinski definition) is 3. The van der Waals surface area contributed by atoms with Crippen LogP contribution in [-0.4, -0.2) is 9.97 Å². The standard InChI is InChI=1S/C10H15N5/c1-6(2)8-5-12-9(7(3)4)10(13-8)14-15-11/h5-7H,1-4H3. The minimum atomic E-state index is 0.208. The van der Waals surface area contributed by atoms with Crippen LogP contribution in [0, 0.1) is 0 Å². The van der Waals surface area contributed by atoms with E-state index in [2.05, 4.69) is 20.0 Å². The molecule has 5 heteroatoms. The van der Waals surface area contributed by atoms with Crippen molar-refractivity contribution in [1.82, 2.24) is 9.97 Å². The molecule has 0 bridgehead atoms. The summed E-state index contributed by atoms with van der Waals surface area (Å²) in [6.45, 7) is 8.04. The van der Waals surface area contributed by atoms with Crippen molar-refractivity contribution in [2.45, 2.75) is 39.5 Å². The minimum absolute atomic E-state index is 0.208. The first-order valence-electron chi connectivity index (χ1n) is 4.98. The fraction of sp³-hybridized carbons (Fsp3) is 0.600. The molecule has 0 aliphatic rings. The topological polar surface area (TPSA) is 74.5 Å². The van der Waals surface area contributed by atoms with Gasteiger partial charge >= 0.3 is 0 Å². The van der Waals surface area contributed by atoms with Crippen molar-refractivity contribution in [3.05, 3.63) is 28.0 Å². The molecule has 5 nitrogen and oxygen atoms in total. The first-order valence-corrected chi connectivity index (χ1v) is 4.98. The Morgan fingerprint density at radius 1 is 1.27 bits per heavy atom. The molecule has 0 fully saturated rings. The Kier molecular flexibility index (Phi) is 3.63. The van der Waals surface area contributed by atoms with Crippen molar-refractivity contribution in [2.24, 2.45) is 5.11 Å². The molecule has 0 amide bonds. The van der Waals surface area contributed by atoms with E-state index in [4.69, 9.17) is 5.53 Å². The van der Waals surface area contributed by atoms with Crippen LogP contribution in [-0.2, 0) is 0 Å². The van der Waals surface area contributed by atoms with E-state index in [1.165, 1.54) is 0 Å². The van der Waals surface area contributed by atoms with Crippen LogP contribution in [0.1, 0.15) is 50.9 Å². The molecule has 0 unspecified atom stereocenters. The van der Waals surface area contributed by atoms with E-state index in [-0.39, 0.29) is 11.8 Å². The molecule has 1 aromatic rings. The normalized spacial score (nSPS) is 10.5. The maximum atomic E-state index is 8.45. The molecule has 15 heavy (non-hydrogen) atoms. The molecule has 80 valence electrons. The molecular weight excluding hydrogens is 190 g/mol. The largest absolute Gasteiger partial charge is 0.257 e. The number of rotatable bonds is 3. The summed E-state index contributed by atoms with van der Waals surface area (Å²) in [5.74, 6) is 0.893. The molecular formula is C10H15N5. The van der Waals surface area contributed by atoms with Crippen molar-refractivity contribution < 1.29 is 0 Å². The third kappa shape index (κ3) is 2.67. The highest BCUT2D eigenvalue weighted by molar-refractivity contribution is 5.36. The summed E-state index contributed by atoms with van der Waals surface area (Å²) >= 11 is 0. The lowest BCUT2D eigenvalue weighted by Crippen LogP contribution is -2.00. The highest BCUT2D eigenvalue weighted by atomic mass is 15.2. The molecule has 0 saturated heterocycles. The van der Waals surface area contributed by atoms with Gasteiger partial charge in [0, 0.05) is 11.1 Å². The Balaban J connectivity index is 3.26. The van der Waals surface area contributed by atoms with Gasteiger partial charge in [-0.1, -0.05) is 27.7 Å². The van der Waals surface area contributed by atoms with Crippen molar-refractivity contribution in [2.75, 3.05) is 0 Å². The third-order valence-electron chi connectivity index (χ3n) is 2.08. The number of azide groups is 1. The summed E-state index contributed by atoms with van der Waals surface area (Å²) in [6, 6.07) is 0. The van der Waals surface area contributed by atoms with Gasteiger partial charge in [0.05, 0.1) is 11.4 Å². The van der Waals surface area contributed by atoms with E-state index in [9.17, 15) is 0 Å². The summed E-state index contributed by atoms with van der Waals surface area (Å²) in [5, 5.41) is 3.58. The van der Waals surface area contributed by atoms with Crippen LogP contribution in [0.15, 0.2) is 11.3 Å². The Hall–Kier alpha value is -1.61. The molecule has 0 aliphatic heterocycles. The zero-order valence-corrected chi connectivity index (χ0v) is 9.47. The molecule has 1 heterocycles. The Bertz CT molecular complexity index is 391. The number of nitrogens with zero attached hydrogens (tertiary/aromatic N) is 5. The summed E-state index contributed by atoms with van der Waals surface area (Å²) in [5.41, 5.74) is 10.0. The van der Waals surface area contributed by atoms with E-state index < -0.39 is 0 Å². The maximum Gasteiger partial charge on any atom is 0.148 e. The highest BCUT2D eigenvalue weighted by Crippen LogP contribution is 2.24. The van der Waals surface area contributed by atoms with Gasteiger partial charge in [-0.15, -0.1) is 0 Å². The zero-order valence-electron chi connectivity index (χ0n) is 9.47. The van der Waals surface area contributed by atoms with Gasteiger partial charge in [-0.3, -0.25) is 4.98 Å². The number of hydrogen-bond donors (Lipinski definition) is 0. The minimum Gasteiger partial charge on any atom is -0.257 e. The Labute approximate surface area is 89.2 Å². The van der Waals surface area contributed by atoms with Crippen LogP contribution < -0.4 is 0 Å². The predicted molar refractivity (Wildman–Crippen MR) is 59.0 cm³/mol. The molecule has 0 N–H and O–H groups in total. The van der Waals surface area contributed by atoms with Crippen LogP contribution in [0.2, 0.25) is 0 Å². The lowest BCUT2D eigenvalue weighted by Gasteiger charge is -2.10. The van der Waals surface area contributed by atoms with Gasteiger partial charge in [0.1, 0.15) is 5.82 Å². The monoisotopic (exact) mass is 205 g/mol. The highest BCUT2D eigenvalue weighted by Gasteiger charge is 2.11. The van der Waals surface area contributed by atoms with Crippen LogP contribution in [0.3, 0.4) is 0 Å². The van der Waals surface area contributed by atoms with Crippen molar-refractivity contribution in [3.63, 3.8) is 0 Å². The maximum absolute atomic E-state index is 8.45. The third-order valence-corrected chi connectivity index (χ3v) is 2.08. The number of aromatic nitrogens is 2. The van der Waals surface area contributed by atoms with Crippen LogP contribution >= 0.6 is 0 Å². The van der Waals surface area contributed by atoms with Gasteiger partial charge in [-0.2, -0.15) is 0 Å². The van der Waals surface area contributed by atoms with E-state index >= 15 is 0 Å². The van der Waals surface area contributed by atoms with Gasteiger partial charge in [-0.25, -0.2) is 4.98 Å². The summed E-state index contributed by atoms with van der Waals surface area (Å²) in [4.78, 5) is 11.4. The van der Waals surface area contributed by atoms with E-state index in [0.29, 0.717) is 5.82 Å². The lowest BCUT2D eigenvalue weighted by atomic mass is 10.1. The second-order valence-corrected chi connectivity index (χ2v) is 4.00. The van der Waals surface area contributed by atoms with Crippen molar-refractivity contribution >= 4 is 5.82 Å². The molecule has 0 radical (unpaired) electrons. The fourth-order valence-corrected chi connectivity index (χ4v) is 1.20. The molecule has 0 spiro atoms. The second-order valence-electron chi connectivity index (χ2n) is 4.00. The fourth-order valence-electron chi connectivity index (χ4n) is 1.20. The van der Waals surface area contributed by atoms with Crippen molar-refractivity contribution in [1.29, 1.82) is 0 Å². The van der Waals surface area contributed by atoms with Crippen LogP contribution in [0.4, 0.5) is 5.82 Å². The van der Waals surface area contributed by atoms with Crippen LogP contribution in [0.25, 0.3) is 10.4 Å².